The van der Waals surface area contributed by atoms with E-state index in [0.29, 0.717) is 25.1 Å². The normalized spacial score (nSPS) is 17.5. The molecule has 2 aromatic carbocycles. The number of anilines is 1. The maximum absolute atomic E-state index is 13.1. The molecule has 2 N–H and O–H groups in total. The minimum atomic E-state index is -3.77. The van der Waals surface area contributed by atoms with E-state index in [-0.39, 0.29) is 28.1 Å². The van der Waals surface area contributed by atoms with Gasteiger partial charge in [-0.25, -0.2) is 21.6 Å². The second kappa shape index (κ2) is 10.4. The Morgan fingerprint density at radius 3 is 2.32 bits per heavy atom. The van der Waals surface area contributed by atoms with Crippen LogP contribution in [0.2, 0.25) is 0 Å². The highest BCUT2D eigenvalue weighted by atomic mass is 32.2. The van der Waals surface area contributed by atoms with Gasteiger partial charge in [0, 0.05) is 19.1 Å². The van der Waals surface area contributed by atoms with Gasteiger partial charge < -0.3 is 10.1 Å². The molecule has 1 unspecified atom stereocenters. The average molecular weight is 510 g/mol. The summed E-state index contributed by atoms with van der Waals surface area (Å²) in [6, 6.07) is 10.5. The quantitative estimate of drug-likeness (QED) is 0.564. The van der Waals surface area contributed by atoms with Crippen molar-refractivity contribution in [2.24, 2.45) is 5.92 Å². The summed E-state index contributed by atoms with van der Waals surface area (Å²) >= 11 is 0. The Morgan fingerprint density at radius 1 is 1.06 bits per heavy atom. The number of nitrogens with one attached hydrogen (secondary N) is 2. The van der Waals surface area contributed by atoms with Gasteiger partial charge in [-0.2, -0.15) is 4.31 Å². The standard InChI is InChI=1S/C23H31N3O6S2/c1-16(2)25-33(28,29)20-11-12-22(32-4)21(14-20)24-23(27)18-6-5-13-26(15-18)34(30,31)19-9-7-17(3)8-10-19/h7-12,14,16,18,25H,5-6,13,15H2,1-4H3,(H,24,27). The average Bonchev–Trinajstić information content (AvgIpc) is 2.78. The van der Waals surface area contributed by atoms with E-state index in [2.05, 4.69) is 10.0 Å². The number of ether oxygens (including phenoxy) is 1. The number of rotatable bonds is 8. The SMILES string of the molecule is COc1ccc(S(=O)(=O)NC(C)C)cc1NC(=O)C1CCCN(S(=O)(=O)c2ccc(C)cc2)C1. The third kappa shape index (κ3) is 5.96. The number of hydrogen-bond acceptors (Lipinski definition) is 6. The Kier molecular flexibility index (Phi) is 8.02. The Labute approximate surface area is 201 Å². The minimum Gasteiger partial charge on any atom is -0.495 e. The maximum Gasteiger partial charge on any atom is 0.243 e. The van der Waals surface area contributed by atoms with Crippen molar-refractivity contribution in [1.82, 2.24) is 9.03 Å². The summed E-state index contributed by atoms with van der Waals surface area (Å²) in [5, 5.41) is 2.74. The molecule has 2 aromatic rings. The van der Waals surface area contributed by atoms with Crippen LogP contribution in [0.5, 0.6) is 5.75 Å². The van der Waals surface area contributed by atoms with Gasteiger partial charge in [-0.15, -0.1) is 0 Å². The fourth-order valence-electron chi connectivity index (χ4n) is 3.80. The third-order valence-corrected chi connectivity index (χ3v) is 9.08. The number of methoxy groups -OCH3 is 1. The van der Waals surface area contributed by atoms with Crippen LogP contribution in [-0.4, -0.2) is 53.3 Å². The molecule has 11 heteroatoms. The monoisotopic (exact) mass is 509 g/mol. The van der Waals surface area contributed by atoms with Crippen molar-refractivity contribution >= 4 is 31.6 Å². The topological polar surface area (TPSA) is 122 Å². The number of sulfonamides is 2. The summed E-state index contributed by atoms with van der Waals surface area (Å²) in [6.07, 6.45) is 1.05. The van der Waals surface area contributed by atoms with Gasteiger partial charge in [0.15, 0.2) is 0 Å². The van der Waals surface area contributed by atoms with Crippen molar-refractivity contribution in [2.45, 2.75) is 49.4 Å². The van der Waals surface area contributed by atoms with E-state index in [4.69, 9.17) is 4.74 Å². The van der Waals surface area contributed by atoms with Crippen LogP contribution in [0.3, 0.4) is 0 Å². The Bertz CT molecular complexity index is 1240. The third-order valence-electron chi connectivity index (χ3n) is 5.54. The molecular formula is C23H31N3O6S2. The van der Waals surface area contributed by atoms with Crippen molar-refractivity contribution < 1.29 is 26.4 Å². The molecule has 1 heterocycles. The second-order valence-corrected chi connectivity index (χ2v) is 12.3. The number of nitrogens with zero attached hydrogens (tertiary/aromatic N) is 1. The number of hydrogen-bond donors (Lipinski definition) is 2. The molecule has 0 radical (unpaired) electrons. The molecule has 3 rings (SSSR count). The van der Waals surface area contributed by atoms with Crippen molar-refractivity contribution in [3.05, 3.63) is 48.0 Å². The van der Waals surface area contributed by atoms with E-state index >= 15 is 0 Å². The molecule has 1 fully saturated rings. The van der Waals surface area contributed by atoms with Gasteiger partial charge in [0.2, 0.25) is 26.0 Å². The highest BCUT2D eigenvalue weighted by Gasteiger charge is 2.33. The summed E-state index contributed by atoms with van der Waals surface area (Å²) in [7, 11) is -6.08. The Hall–Kier alpha value is -2.47. The summed E-state index contributed by atoms with van der Waals surface area (Å²) < 4.78 is 60.4. The first-order valence-electron chi connectivity index (χ1n) is 11.0. The molecule has 0 saturated carbocycles. The lowest BCUT2D eigenvalue weighted by molar-refractivity contribution is -0.120. The molecule has 1 amide bonds. The van der Waals surface area contributed by atoms with Crippen molar-refractivity contribution in [3.8, 4) is 5.75 Å². The number of amides is 1. The van der Waals surface area contributed by atoms with Crippen LogP contribution in [0.1, 0.15) is 32.3 Å². The molecule has 1 aliphatic rings. The van der Waals surface area contributed by atoms with Crippen LogP contribution < -0.4 is 14.8 Å². The Morgan fingerprint density at radius 2 is 1.71 bits per heavy atom. The molecule has 186 valence electrons. The molecule has 1 saturated heterocycles. The first-order chi connectivity index (χ1) is 15.9. The first-order valence-corrected chi connectivity index (χ1v) is 13.9. The predicted octanol–water partition coefficient (Wildman–Crippen LogP) is 2.73. The molecule has 0 aliphatic carbocycles. The zero-order chi connectivity index (χ0) is 25.1. The summed E-state index contributed by atoms with van der Waals surface area (Å²) in [5.41, 5.74) is 1.16. The lowest BCUT2D eigenvalue weighted by Gasteiger charge is -2.31. The lowest BCUT2D eigenvalue weighted by Crippen LogP contribution is -2.43. The number of benzene rings is 2. The summed E-state index contributed by atoms with van der Waals surface area (Å²) in [6.45, 7) is 5.67. The number of carbonyl (C=O) groups is 1. The van der Waals surface area contributed by atoms with Crippen LogP contribution >= 0.6 is 0 Å². The van der Waals surface area contributed by atoms with Gasteiger partial charge in [0.1, 0.15) is 5.75 Å². The molecular weight excluding hydrogens is 478 g/mol. The van der Waals surface area contributed by atoms with E-state index < -0.39 is 31.9 Å². The molecule has 34 heavy (non-hydrogen) atoms. The molecule has 1 atom stereocenters. The predicted molar refractivity (Wildman–Crippen MR) is 130 cm³/mol. The van der Waals surface area contributed by atoms with Gasteiger partial charge in [0.25, 0.3) is 0 Å². The van der Waals surface area contributed by atoms with Gasteiger partial charge in [-0.3, -0.25) is 4.79 Å². The summed E-state index contributed by atoms with van der Waals surface area (Å²) in [4.78, 5) is 13.3. The van der Waals surface area contributed by atoms with Crippen LogP contribution in [-0.2, 0) is 24.8 Å². The molecule has 0 spiro atoms. The van der Waals surface area contributed by atoms with E-state index in [0.717, 1.165) is 5.56 Å². The largest absolute Gasteiger partial charge is 0.495 e. The highest BCUT2D eigenvalue weighted by molar-refractivity contribution is 7.89. The second-order valence-electron chi connectivity index (χ2n) is 8.64. The minimum absolute atomic E-state index is 0.00970. The number of carbonyl (C=O) groups excluding carboxylic acids is 1. The first kappa shape index (κ1) is 26.1. The molecule has 1 aliphatic heterocycles. The fraction of sp³-hybridized carbons (Fsp3) is 0.435. The summed E-state index contributed by atoms with van der Waals surface area (Å²) in [5.74, 6) is -0.682. The highest BCUT2D eigenvalue weighted by Crippen LogP contribution is 2.30. The van der Waals surface area contributed by atoms with Crippen molar-refractivity contribution in [3.63, 3.8) is 0 Å². The van der Waals surface area contributed by atoms with Crippen molar-refractivity contribution in [2.75, 3.05) is 25.5 Å². The maximum atomic E-state index is 13.1. The molecule has 0 bridgehead atoms. The Balaban J connectivity index is 1.80. The lowest BCUT2D eigenvalue weighted by atomic mass is 9.98. The number of piperidine rings is 1. The smallest absolute Gasteiger partial charge is 0.243 e. The van der Waals surface area contributed by atoms with Crippen molar-refractivity contribution in [1.29, 1.82) is 0 Å². The van der Waals surface area contributed by atoms with Crippen LogP contribution in [0.4, 0.5) is 5.69 Å². The van der Waals surface area contributed by atoms with E-state index in [1.807, 2.05) is 6.92 Å². The van der Waals surface area contributed by atoms with Gasteiger partial charge >= 0.3 is 0 Å². The molecule has 9 nitrogen and oxygen atoms in total. The van der Waals surface area contributed by atoms with Crippen LogP contribution in [0, 0.1) is 12.8 Å². The van der Waals surface area contributed by atoms with E-state index in [1.165, 1.54) is 29.6 Å². The van der Waals surface area contributed by atoms with Crippen LogP contribution in [0.25, 0.3) is 0 Å². The molecule has 0 aromatic heterocycles. The van der Waals surface area contributed by atoms with Gasteiger partial charge in [-0.05, 0) is 63.9 Å². The zero-order valence-corrected chi connectivity index (χ0v) is 21.4. The van der Waals surface area contributed by atoms with Crippen LogP contribution in [0.15, 0.2) is 52.3 Å². The zero-order valence-electron chi connectivity index (χ0n) is 19.7. The van der Waals surface area contributed by atoms with Gasteiger partial charge in [0.05, 0.1) is 28.5 Å². The van der Waals surface area contributed by atoms with E-state index in [9.17, 15) is 21.6 Å². The number of aryl methyl sites for hydroxylation is 1. The van der Waals surface area contributed by atoms with Gasteiger partial charge in [-0.1, -0.05) is 17.7 Å². The van der Waals surface area contributed by atoms with E-state index in [1.54, 1.807) is 38.1 Å². The fourth-order valence-corrected chi connectivity index (χ4v) is 6.60.